The lowest BCUT2D eigenvalue weighted by Gasteiger charge is -2.27. The van der Waals surface area contributed by atoms with Crippen LogP contribution < -0.4 is 0 Å². The second-order valence-corrected chi connectivity index (χ2v) is 5.21. The summed E-state index contributed by atoms with van der Waals surface area (Å²) in [6.07, 6.45) is 4.32. The fourth-order valence-electron chi connectivity index (χ4n) is 2.48. The van der Waals surface area contributed by atoms with Gasteiger partial charge in [-0.1, -0.05) is 6.07 Å². The predicted octanol–water partition coefficient (Wildman–Crippen LogP) is 3.20. The molecule has 2 rings (SSSR count). The van der Waals surface area contributed by atoms with Gasteiger partial charge in [0.15, 0.2) is 0 Å². The molecule has 0 atom stereocenters. The number of hydrogen-bond acceptors (Lipinski definition) is 2. The molecule has 0 amide bonds. The highest BCUT2D eigenvalue weighted by Crippen LogP contribution is 2.26. The van der Waals surface area contributed by atoms with E-state index in [1.165, 1.54) is 6.07 Å². The van der Waals surface area contributed by atoms with Crippen LogP contribution in [-0.4, -0.2) is 17.8 Å². The van der Waals surface area contributed by atoms with Crippen LogP contribution in [0.15, 0.2) is 18.2 Å². The highest BCUT2D eigenvalue weighted by atomic mass is 19.1. The van der Waals surface area contributed by atoms with E-state index in [1.54, 1.807) is 12.1 Å². The van der Waals surface area contributed by atoms with Crippen molar-refractivity contribution in [2.75, 3.05) is 6.61 Å². The van der Waals surface area contributed by atoms with E-state index in [0.717, 1.165) is 36.8 Å². The standard InChI is InChI=1S/C15H21FO2/c1-11-2-5-14(16)8-13(11)10-18-15-6-3-12(9-17)4-7-15/h2,5,8,12,15,17H,3-4,6-7,9-10H2,1H3. The molecule has 0 aromatic heterocycles. The van der Waals surface area contributed by atoms with Crippen molar-refractivity contribution in [2.45, 2.75) is 45.3 Å². The minimum Gasteiger partial charge on any atom is -0.396 e. The molecule has 0 radical (unpaired) electrons. The molecule has 0 spiro atoms. The van der Waals surface area contributed by atoms with Gasteiger partial charge >= 0.3 is 0 Å². The molecule has 1 aromatic rings. The summed E-state index contributed by atoms with van der Waals surface area (Å²) in [6, 6.07) is 4.82. The van der Waals surface area contributed by atoms with Crippen molar-refractivity contribution >= 4 is 0 Å². The van der Waals surface area contributed by atoms with Gasteiger partial charge in [-0.2, -0.15) is 0 Å². The normalized spacial score (nSPS) is 24.2. The van der Waals surface area contributed by atoms with Crippen molar-refractivity contribution in [1.82, 2.24) is 0 Å². The molecule has 0 saturated heterocycles. The summed E-state index contributed by atoms with van der Waals surface area (Å²) in [5.41, 5.74) is 2.00. The fourth-order valence-corrected chi connectivity index (χ4v) is 2.48. The molecule has 1 saturated carbocycles. The monoisotopic (exact) mass is 252 g/mol. The Morgan fingerprint density at radius 3 is 2.67 bits per heavy atom. The third-order valence-electron chi connectivity index (χ3n) is 3.84. The Balaban J connectivity index is 1.83. The van der Waals surface area contributed by atoms with E-state index in [4.69, 9.17) is 9.84 Å². The molecular formula is C15H21FO2. The van der Waals surface area contributed by atoms with Crippen LogP contribution in [0.5, 0.6) is 0 Å². The summed E-state index contributed by atoms with van der Waals surface area (Å²) in [5.74, 6) is 0.240. The second kappa shape index (κ2) is 6.30. The van der Waals surface area contributed by atoms with Crippen molar-refractivity contribution < 1.29 is 14.2 Å². The molecule has 1 fully saturated rings. The summed E-state index contributed by atoms with van der Waals surface area (Å²) in [4.78, 5) is 0. The van der Waals surface area contributed by atoms with Gasteiger partial charge in [-0.3, -0.25) is 0 Å². The first kappa shape index (κ1) is 13.5. The van der Waals surface area contributed by atoms with Crippen LogP contribution in [0.1, 0.15) is 36.8 Å². The maximum atomic E-state index is 13.1. The van der Waals surface area contributed by atoms with E-state index in [1.807, 2.05) is 6.92 Å². The van der Waals surface area contributed by atoms with Gasteiger partial charge in [0.25, 0.3) is 0 Å². The second-order valence-electron chi connectivity index (χ2n) is 5.21. The van der Waals surface area contributed by atoms with Crippen LogP contribution in [0.4, 0.5) is 4.39 Å². The molecule has 3 heteroatoms. The van der Waals surface area contributed by atoms with Gasteiger partial charge in [-0.05, 0) is 61.8 Å². The van der Waals surface area contributed by atoms with Gasteiger partial charge in [0, 0.05) is 6.61 Å². The molecule has 1 aliphatic rings. The summed E-state index contributed by atoms with van der Waals surface area (Å²) in [7, 11) is 0. The number of ether oxygens (including phenoxy) is 1. The molecule has 0 unspecified atom stereocenters. The number of hydrogen-bond donors (Lipinski definition) is 1. The summed E-state index contributed by atoms with van der Waals surface area (Å²) >= 11 is 0. The quantitative estimate of drug-likeness (QED) is 0.891. The molecule has 1 aromatic carbocycles. The maximum absolute atomic E-state index is 13.1. The van der Waals surface area contributed by atoms with E-state index in [9.17, 15) is 4.39 Å². The average molecular weight is 252 g/mol. The van der Waals surface area contributed by atoms with Crippen LogP contribution in [0.2, 0.25) is 0 Å². The minimum absolute atomic E-state index is 0.205. The van der Waals surface area contributed by atoms with Gasteiger partial charge in [-0.15, -0.1) is 0 Å². The molecule has 0 aliphatic heterocycles. The maximum Gasteiger partial charge on any atom is 0.123 e. The number of rotatable bonds is 4. The first-order valence-electron chi connectivity index (χ1n) is 6.66. The van der Waals surface area contributed by atoms with E-state index < -0.39 is 0 Å². The number of benzene rings is 1. The van der Waals surface area contributed by atoms with Gasteiger partial charge in [0.1, 0.15) is 5.82 Å². The molecule has 18 heavy (non-hydrogen) atoms. The first-order valence-corrected chi connectivity index (χ1v) is 6.66. The molecule has 0 bridgehead atoms. The number of halogens is 1. The molecule has 2 nitrogen and oxygen atoms in total. The van der Waals surface area contributed by atoms with Gasteiger partial charge < -0.3 is 9.84 Å². The van der Waals surface area contributed by atoms with E-state index in [2.05, 4.69) is 0 Å². The Morgan fingerprint density at radius 2 is 2.00 bits per heavy atom. The summed E-state index contributed by atoms with van der Waals surface area (Å²) < 4.78 is 19.0. The van der Waals surface area contributed by atoms with Crippen molar-refractivity contribution in [2.24, 2.45) is 5.92 Å². The molecule has 1 aliphatic carbocycles. The van der Waals surface area contributed by atoms with Crippen molar-refractivity contribution in [1.29, 1.82) is 0 Å². The largest absolute Gasteiger partial charge is 0.396 e. The van der Waals surface area contributed by atoms with Gasteiger partial charge in [-0.25, -0.2) is 4.39 Å². The third-order valence-corrected chi connectivity index (χ3v) is 3.84. The van der Waals surface area contributed by atoms with Crippen LogP contribution in [0, 0.1) is 18.7 Å². The Morgan fingerprint density at radius 1 is 1.28 bits per heavy atom. The van der Waals surface area contributed by atoms with Gasteiger partial charge in [0.05, 0.1) is 12.7 Å². The molecule has 100 valence electrons. The topological polar surface area (TPSA) is 29.5 Å². The fraction of sp³-hybridized carbons (Fsp3) is 0.600. The van der Waals surface area contributed by atoms with Gasteiger partial charge in [0.2, 0.25) is 0 Å². The zero-order chi connectivity index (χ0) is 13.0. The van der Waals surface area contributed by atoms with E-state index >= 15 is 0 Å². The van der Waals surface area contributed by atoms with E-state index in [0.29, 0.717) is 12.5 Å². The van der Waals surface area contributed by atoms with Crippen LogP contribution in [0.25, 0.3) is 0 Å². The molecule has 1 N–H and O–H groups in total. The van der Waals surface area contributed by atoms with Crippen molar-refractivity contribution in [3.05, 3.63) is 35.1 Å². The Hall–Kier alpha value is -0.930. The Bertz CT molecular complexity index is 384. The highest BCUT2D eigenvalue weighted by molar-refractivity contribution is 5.25. The van der Waals surface area contributed by atoms with Crippen LogP contribution >= 0.6 is 0 Å². The third kappa shape index (κ3) is 3.53. The number of aryl methyl sites for hydroxylation is 1. The number of aliphatic hydroxyl groups excluding tert-OH is 1. The number of aliphatic hydroxyl groups is 1. The highest BCUT2D eigenvalue weighted by Gasteiger charge is 2.21. The van der Waals surface area contributed by atoms with Crippen LogP contribution in [-0.2, 0) is 11.3 Å². The lowest BCUT2D eigenvalue weighted by Crippen LogP contribution is -2.23. The SMILES string of the molecule is Cc1ccc(F)cc1COC1CCC(CO)CC1. The molecule has 0 heterocycles. The minimum atomic E-state index is -0.205. The predicted molar refractivity (Wildman–Crippen MR) is 68.8 cm³/mol. The Kier molecular flexibility index (Phi) is 4.72. The zero-order valence-corrected chi connectivity index (χ0v) is 10.9. The smallest absolute Gasteiger partial charge is 0.123 e. The Labute approximate surface area is 108 Å². The lowest BCUT2D eigenvalue weighted by molar-refractivity contribution is 0.000930. The van der Waals surface area contributed by atoms with Crippen molar-refractivity contribution in [3.63, 3.8) is 0 Å². The molecular weight excluding hydrogens is 231 g/mol. The zero-order valence-electron chi connectivity index (χ0n) is 10.9. The lowest BCUT2D eigenvalue weighted by atomic mass is 9.88. The van der Waals surface area contributed by atoms with Crippen LogP contribution in [0.3, 0.4) is 0 Å². The summed E-state index contributed by atoms with van der Waals surface area (Å²) in [5, 5.41) is 9.07. The summed E-state index contributed by atoms with van der Waals surface area (Å²) in [6.45, 7) is 2.74. The van der Waals surface area contributed by atoms with E-state index in [-0.39, 0.29) is 18.5 Å². The van der Waals surface area contributed by atoms with Crippen molar-refractivity contribution in [3.8, 4) is 0 Å². The first-order chi connectivity index (χ1) is 8.69. The average Bonchev–Trinajstić information content (AvgIpc) is 2.40.